The molecule has 0 aliphatic rings. The summed E-state index contributed by atoms with van der Waals surface area (Å²) in [4.78, 5) is 0. The van der Waals surface area contributed by atoms with Crippen LogP contribution in [0, 0.1) is 0 Å². The second-order valence-electron chi connectivity index (χ2n) is 4.47. The van der Waals surface area contributed by atoms with E-state index in [0.29, 0.717) is 12.3 Å². The first kappa shape index (κ1) is 14.5. The van der Waals surface area contributed by atoms with Crippen molar-refractivity contribution in [1.82, 2.24) is 0 Å². The van der Waals surface area contributed by atoms with Gasteiger partial charge in [-0.05, 0) is 31.7 Å². The molecule has 17 heavy (non-hydrogen) atoms. The summed E-state index contributed by atoms with van der Waals surface area (Å²) < 4.78 is 23.5. The van der Waals surface area contributed by atoms with E-state index >= 15 is 0 Å². The Hall–Kier alpha value is -0.540. The van der Waals surface area contributed by atoms with Gasteiger partial charge in [0.15, 0.2) is 9.84 Å². The highest BCUT2D eigenvalue weighted by molar-refractivity contribution is 7.91. The van der Waals surface area contributed by atoms with Crippen molar-refractivity contribution < 1.29 is 8.42 Å². The van der Waals surface area contributed by atoms with Gasteiger partial charge in [0, 0.05) is 5.88 Å². The average Bonchev–Trinajstić information content (AvgIpc) is 2.31. The van der Waals surface area contributed by atoms with Gasteiger partial charge in [-0.15, -0.1) is 11.6 Å². The van der Waals surface area contributed by atoms with Gasteiger partial charge in [0.2, 0.25) is 0 Å². The Balaban J connectivity index is 2.67. The van der Waals surface area contributed by atoms with Gasteiger partial charge >= 0.3 is 0 Å². The van der Waals surface area contributed by atoms with Crippen LogP contribution in [0.1, 0.15) is 31.7 Å². The number of hydrogen-bond acceptors (Lipinski definition) is 2. The lowest BCUT2D eigenvalue weighted by molar-refractivity contribution is 0.580. The normalized spacial score (nSPS) is 13.9. The molecule has 0 fully saturated rings. The highest BCUT2D eigenvalue weighted by atomic mass is 35.5. The molecule has 1 rings (SSSR count). The van der Waals surface area contributed by atoms with Crippen molar-refractivity contribution in [3.8, 4) is 0 Å². The molecule has 0 aliphatic carbocycles. The standard InChI is InChI=1S/C13H19ClO2S/c1-11(2)17(15,16)9-8-13(10-14)12-6-4-3-5-7-12/h3-7,11,13H,8-10H2,1-2H3. The highest BCUT2D eigenvalue weighted by Crippen LogP contribution is 2.22. The SMILES string of the molecule is CC(C)S(=O)(=O)CCC(CCl)c1ccccc1. The van der Waals surface area contributed by atoms with Crippen LogP contribution in [-0.2, 0) is 9.84 Å². The fraction of sp³-hybridized carbons (Fsp3) is 0.538. The Morgan fingerprint density at radius 1 is 1.18 bits per heavy atom. The van der Waals surface area contributed by atoms with Crippen LogP contribution in [-0.4, -0.2) is 25.3 Å². The Labute approximate surface area is 109 Å². The second-order valence-corrected chi connectivity index (χ2v) is 7.45. The molecule has 96 valence electrons. The maximum absolute atomic E-state index is 11.7. The summed E-state index contributed by atoms with van der Waals surface area (Å²) in [6.07, 6.45) is 0.591. The fourth-order valence-electron chi connectivity index (χ4n) is 1.60. The molecule has 0 radical (unpaired) electrons. The molecule has 0 aromatic heterocycles. The van der Waals surface area contributed by atoms with E-state index in [4.69, 9.17) is 11.6 Å². The second kappa shape index (κ2) is 6.41. The number of halogens is 1. The summed E-state index contributed by atoms with van der Waals surface area (Å²) in [7, 11) is -2.97. The molecule has 0 spiro atoms. The van der Waals surface area contributed by atoms with Crippen LogP contribution in [0.3, 0.4) is 0 Å². The first-order chi connectivity index (χ1) is 7.97. The van der Waals surface area contributed by atoms with E-state index in [1.807, 2.05) is 30.3 Å². The number of rotatable bonds is 6. The van der Waals surface area contributed by atoms with Crippen molar-refractivity contribution in [3.05, 3.63) is 35.9 Å². The molecule has 4 heteroatoms. The van der Waals surface area contributed by atoms with Crippen molar-refractivity contribution >= 4 is 21.4 Å². The smallest absolute Gasteiger partial charge is 0.152 e. The van der Waals surface area contributed by atoms with Crippen LogP contribution in [0.4, 0.5) is 0 Å². The van der Waals surface area contributed by atoms with Crippen molar-refractivity contribution in [2.24, 2.45) is 0 Å². The fourth-order valence-corrected chi connectivity index (χ4v) is 3.02. The summed E-state index contributed by atoms with van der Waals surface area (Å²) in [6, 6.07) is 9.83. The predicted octanol–water partition coefficient (Wildman–Crippen LogP) is 3.22. The van der Waals surface area contributed by atoms with Crippen LogP contribution in [0.25, 0.3) is 0 Å². The van der Waals surface area contributed by atoms with E-state index in [1.54, 1.807) is 13.8 Å². The molecule has 2 nitrogen and oxygen atoms in total. The van der Waals surface area contributed by atoms with Crippen molar-refractivity contribution in [2.45, 2.75) is 31.4 Å². The van der Waals surface area contributed by atoms with Crippen molar-refractivity contribution in [2.75, 3.05) is 11.6 Å². The molecule has 0 aliphatic heterocycles. The van der Waals surface area contributed by atoms with E-state index in [0.717, 1.165) is 5.56 Å². The van der Waals surface area contributed by atoms with Gasteiger partial charge in [0.1, 0.15) is 0 Å². The molecule has 1 aromatic carbocycles. The van der Waals surface area contributed by atoms with Crippen molar-refractivity contribution in [1.29, 1.82) is 0 Å². The van der Waals surface area contributed by atoms with Crippen LogP contribution >= 0.6 is 11.6 Å². The van der Waals surface area contributed by atoms with E-state index in [9.17, 15) is 8.42 Å². The molecule has 0 heterocycles. The molecule has 0 saturated heterocycles. The zero-order chi connectivity index (χ0) is 12.9. The third kappa shape index (κ3) is 4.32. The minimum atomic E-state index is -2.97. The van der Waals surface area contributed by atoms with Gasteiger partial charge in [-0.2, -0.15) is 0 Å². The Kier molecular flexibility index (Phi) is 5.47. The molecule has 0 N–H and O–H groups in total. The van der Waals surface area contributed by atoms with E-state index < -0.39 is 9.84 Å². The monoisotopic (exact) mass is 274 g/mol. The minimum absolute atomic E-state index is 0.117. The minimum Gasteiger partial charge on any atom is -0.229 e. The summed E-state index contributed by atoms with van der Waals surface area (Å²) in [5.41, 5.74) is 1.11. The zero-order valence-corrected chi connectivity index (χ0v) is 11.8. The molecule has 0 saturated carbocycles. The molecular weight excluding hydrogens is 256 g/mol. The maximum atomic E-state index is 11.7. The lowest BCUT2D eigenvalue weighted by Gasteiger charge is -2.15. The van der Waals surface area contributed by atoms with E-state index in [1.165, 1.54) is 0 Å². The summed E-state index contributed by atoms with van der Waals surface area (Å²) in [5, 5.41) is -0.311. The molecule has 0 bridgehead atoms. The van der Waals surface area contributed by atoms with Gasteiger partial charge in [-0.3, -0.25) is 0 Å². The van der Waals surface area contributed by atoms with Crippen LogP contribution in [0.5, 0.6) is 0 Å². The van der Waals surface area contributed by atoms with E-state index in [2.05, 4.69) is 0 Å². The molecule has 1 unspecified atom stereocenters. The van der Waals surface area contributed by atoms with Gasteiger partial charge in [0.25, 0.3) is 0 Å². The molecule has 1 aromatic rings. The van der Waals surface area contributed by atoms with Gasteiger partial charge in [-0.1, -0.05) is 30.3 Å². The van der Waals surface area contributed by atoms with Crippen molar-refractivity contribution in [3.63, 3.8) is 0 Å². The highest BCUT2D eigenvalue weighted by Gasteiger charge is 2.19. The van der Waals surface area contributed by atoms with Crippen LogP contribution in [0.2, 0.25) is 0 Å². The third-order valence-corrected chi connectivity index (χ3v) is 5.54. The lowest BCUT2D eigenvalue weighted by Crippen LogP contribution is -2.19. The number of alkyl halides is 1. The maximum Gasteiger partial charge on any atom is 0.152 e. The van der Waals surface area contributed by atoms with Gasteiger partial charge < -0.3 is 0 Å². The topological polar surface area (TPSA) is 34.1 Å². The van der Waals surface area contributed by atoms with Crippen LogP contribution in [0.15, 0.2) is 30.3 Å². The average molecular weight is 275 g/mol. The summed E-state index contributed by atoms with van der Waals surface area (Å²) in [5.74, 6) is 0.778. The Bertz CT molecular complexity index is 426. The lowest BCUT2D eigenvalue weighted by atomic mass is 9.99. The molecule has 1 atom stereocenters. The van der Waals surface area contributed by atoms with Gasteiger partial charge in [0.05, 0.1) is 11.0 Å². The summed E-state index contributed by atoms with van der Waals surface area (Å²) >= 11 is 5.92. The van der Waals surface area contributed by atoms with E-state index in [-0.39, 0.29) is 16.9 Å². The molecule has 0 amide bonds. The number of sulfone groups is 1. The molecular formula is C13H19ClO2S. The number of hydrogen-bond donors (Lipinski definition) is 0. The quantitative estimate of drug-likeness (QED) is 0.747. The Morgan fingerprint density at radius 3 is 2.24 bits per heavy atom. The first-order valence-corrected chi connectivity index (χ1v) is 8.05. The first-order valence-electron chi connectivity index (χ1n) is 5.80. The van der Waals surface area contributed by atoms with Gasteiger partial charge in [-0.25, -0.2) is 8.42 Å². The number of benzene rings is 1. The zero-order valence-electron chi connectivity index (χ0n) is 10.3. The largest absolute Gasteiger partial charge is 0.229 e. The Morgan fingerprint density at radius 2 is 1.76 bits per heavy atom. The summed E-state index contributed by atoms with van der Waals surface area (Å²) in [6.45, 7) is 3.43. The van der Waals surface area contributed by atoms with Crippen LogP contribution < -0.4 is 0 Å². The third-order valence-electron chi connectivity index (χ3n) is 2.93. The predicted molar refractivity (Wildman–Crippen MR) is 73.4 cm³/mol.